The topological polar surface area (TPSA) is 73.2 Å². The van der Waals surface area contributed by atoms with Gasteiger partial charge in [0.05, 0.1) is 23.2 Å². The fourth-order valence-electron chi connectivity index (χ4n) is 3.35. The Balaban J connectivity index is 1.78. The Morgan fingerprint density at radius 1 is 1.00 bits per heavy atom. The van der Waals surface area contributed by atoms with E-state index in [-0.39, 0.29) is 22.2 Å². The van der Waals surface area contributed by atoms with Gasteiger partial charge in [0.15, 0.2) is 5.69 Å². The Morgan fingerprint density at radius 3 is 2.36 bits per heavy atom. The molecule has 168 valence electrons. The lowest BCUT2D eigenvalue weighted by Crippen LogP contribution is -2.26. The number of anilines is 1. The number of carbonyl (C=O) groups excluding carboxylic acids is 1. The normalized spacial score (nSPS) is 11.4. The van der Waals surface area contributed by atoms with Crippen molar-refractivity contribution in [1.29, 1.82) is 0 Å². The number of hydrogen-bond donors (Lipinski definition) is 1. The van der Waals surface area contributed by atoms with E-state index in [0.29, 0.717) is 18.0 Å². The van der Waals surface area contributed by atoms with Gasteiger partial charge in [0.2, 0.25) is 0 Å². The van der Waals surface area contributed by atoms with Crippen LogP contribution in [0.15, 0.2) is 77.6 Å². The number of fused-ring (bicyclic) bond motifs is 1. The van der Waals surface area contributed by atoms with E-state index in [1.165, 1.54) is 12.1 Å². The predicted molar refractivity (Wildman–Crippen MR) is 118 cm³/mol. The van der Waals surface area contributed by atoms with Gasteiger partial charge in [0.25, 0.3) is 11.5 Å². The molecule has 1 amide bonds. The SMILES string of the molecule is CCOc1ccc(-n2nc(C(=O)Nc3cccc(C(F)(F)F)c3)c3ccccc3c2=O)cc1. The molecule has 1 aromatic heterocycles. The molecular weight excluding hydrogens is 435 g/mol. The third-order valence-corrected chi connectivity index (χ3v) is 4.86. The number of benzene rings is 3. The van der Waals surface area contributed by atoms with E-state index >= 15 is 0 Å². The summed E-state index contributed by atoms with van der Waals surface area (Å²) >= 11 is 0. The van der Waals surface area contributed by atoms with E-state index in [2.05, 4.69) is 10.4 Å². The molecule has 0 bridgehead atoms. The highest BCUT2D eigenvalue weighted by Gasteiger charge is 2.30. The monoisotopic (exact) mass is 453 g/mol. The number of halogens is 3. The minimum absolute atomic E-state index is 0.0421. The largest absolute Gasteiger partial charge is 0.494 e. The summed E-state index contributed by atoms with van der Waals surface area (Å²) in [5.41, 5.74) is -1.07. The van der Waals surface area contributed by atoms with Crippen LogP contribution in [0.1, 0.15) is 23.0 Å². The first-order valence-corrected chi connectivity index (χ1v) is 10.0. The number of carbonyl (C=O) groups is 1. The molecule has 4 rings (SSSR count). The second-order valence-electron chi connectivity index (χ2n) is 7.07. The second-order valence-corrected chi connectivity index (χ2v) is 7.07. The molecule has 4 aromatic rings. The third-order valence-electron chi connectivity index (χ3n) is 4.86. The molecule has 6 nitrogen and oxygen atoms in total. The van der Waals surface area contributed by atoms with E-state index in [9.17, 15) is 22.8 Å². The Bertz CT molecular complexity index is 1380. The third kappa shape index (κ3) is 4.57. The number of nitrogens with zero attached hydrogens (tertiary/aromatic N) is 2. The summed E-state index contributed by atoms with van der Waals surface area (Å²) < 4.78 is 45.6. The van der Waals surface area contributed by atoms with E-state index in [0.717, 1.165) is 16.8 Å². The van der Waals surface area contributed by atoms with E-state index in [1.54, 1.807) is 48.5 Å². The Kier molecular flexibility index (Phi) is 5.87. The predicted octanol–water partition coefficient (Wildman–Crippen LogP) is 5.06. The maximum atomic E-state index is 13.0. The van der Waals surface area contributed by atoms with Crippen molar-refractivity contribution in [3.05, 3.63) is 94.4 Å². The summed E-state index contributed by atoms with van der Waals surface area (Å²) in [4.78, 5) is 26.1. The molecule has 0 radical (unpaired) electrons. The highest BCUT2D eigenvalue weighted by atomic mass is 19.4. The van der Waals surface area contributed by atoms with Gasteiger partial charge in [0.1, 0.15) is 5.75 Å². The van der Waals surface area contributed by atoms with Crippen molar-refractivity contribution in [3.63, 3.8) is 0 Å². The van der Waals surface area contributed by atoms with Crippen molar-refractivity contribution >= 4 is 22.4 Å². The van der Waals surface area contributed by atoms with Crippen molar-refractivity contribution in [2.75, 3.05) is 11.9 Å². The number of aromatic nitrogens is 2. The zero-order chi connectivity index (χ0) is 23.6. The van der Waals surface area contributed by atoms with Gasteiger partial charge in [-0.2, -0.15) is 23.0 Å². The van der Waals surface area contributed by atoms with Crippen LogP contribution in [0.25, 0.3) is 16.5 Å². The van der Waals surface area contributed by atoms with Gasteiger partial charge in [-0.3, -0.25) is 9.59 Å². The molecule has 0 atom stereocenters. The van der Waals surface area contributed by atoms with E-state index in [1.807, 2.05) is 6.92 Å². The van der Waals surface area contributed by atoms with Crippen molar-refractivity contribution in [3.8, 4) is 11.4 Å². The summed E-state index contributed by atoms with van der Waals surface area (Å²) in [6, 6.07) is 17.3. The van der Waals surface area contributed by atoms with Gasteiger partial charge in [-0.25, -0.2) is 0 Å². The molecule has 0 aliphatic rings. The number of ether oxygens (including phenoxy) is 1. The van der Waals surface area contributed by atoms with Crippen LogP contribution < -0.4 is 15.6 Å². The average Bonchev–Trinajstić information content (AvgIpc) is 2.80. The molecule has 0 aliphatic carbocycles. The van der Waals surface area contributed by atoms with Crippen LogP contribution in [0.4, 0.5) is 18.9 Å². The van der Waals surface area contributed by atoms with Gasteiger partial charge in [-0.1, -0.05) is 24.3 Å². The van der Waals surface area contributed by atoms with Gasteiger partial charge >= 0.3 is 6.18 Å². The first kappa shape index (κ1) is 22.1. The van der Waals surface area contributed by atoms with E-state index < -0.39 is 23.2 Å². The van der Waals surface area contributed by atoms with Crippen molar-refractivity contribution in [2.24, 2.45) is 0 Å². The number of alkyl halides is 3. The molecule has 0 spiro atoms. The quantitative estimate of drug-likeness (QED) is 0.459. The van der Waals surface area contributed by atoms with Crippen LogP contribution in [0, 0.1) is 0 Å². The van der Waals surface area contributed by atoms with Gasteiger partial charge in [0, 0.05) is 11.1 Å². The van der Waals surface area contributed by atoms with Crippen molar-refractivity contribution in [2.45, 2.75) is 13.1 Å². The molecule has 0 fully saturated rings. The van der Waals surface area contributed by atoms with Gasteiger partial charge in [-0.05, 0) is 55.5 Å². The average molecular weight is 453 g/mol. The van der Waals surface area contributed by atoms with Crippen LogP contribution in [0.2, 0.25) is 0 Å². The minimum atomic E-state index is -4.55. The lowest BCUT2D eigenvalue weighted by Gasteiger charge is -2.13. The summed E-state index contributed by atoms with van der Waals surface area (Å²) in [6.45, 7) is 2.33. The molecule has 0 saturated carbocycles. The maximum Gasteiger partial charge on any atom is 0.416 e. The van der Waals surface area contributed by atoms with E-state index in [4.69, 9.17) is 4.74 Å². The molecular formula is C24H18F3N3O3. The minimum Gasteiger partial charge on any atom is -0.494 e. The Morgan fingerprint density at radius 2 is 1.70 bits per heavy atom. The van der Waals surface area contributed by atoms with Crippen LogP contribution in [0.3, 0.4) is 0 Å². The lowest BCUT2D eigenvalue weighted by molar-refractivity contribution is -0.137. The standard InChI is InChI=1S/C24H18F3N3O3/c1-2-33-18-12-10-17(11-13-18)30-23(32)20-9-4-3-8-19(20)21(29-30)22(31)28-16-7-5-6-15(14-16)24(25,26)27/h3-14H,2H2,1H3,(H,28,31). The van der Waals surface area contributed by atoms with Gasteiger partial charge in [-0.15, -0.1) is 0 Å². The highest BCUT2D eigenvalue weighted by Crippen LogP contribution is 2.31. The van der Waals surface area contributed by atoms with Crippen LogP contribution in [-0.4, -0.2) is 22.3 Å². The number of amides is 1. The zero-order valence-corrected chi connectivity index (χ0v) is 17.4. The fraction of sp³-hybridized carbons (Fsp3) is 0.125. The molecule has 33 heavy (non-hydrogen) atoms. The summed E-state index contributed by atoms with van der Waals surface area (Å²) in [7, 11) is 0. The summed E-state index contributed by atoms with van der Waals surface area (Å²) in [5.74, 6) is -0.136. The number of hydrogen-bond acceptors (Lipinski definition) is 4. The van der Waals surface area contributed by atoms with Crippen LogP contribution >= 0.6 is 0 Å². The second kappa shape index (κ2) is 8.78. The first-order valence-electron chi connectivity index (χ1n) is 10.0. The van der Waals surface area contributed by atoms with Crippen LogP contribution in [0.5, 0.6) is 5.75 Å². The van der Waals surface area contributed by atoms with Gasteiger partial charge < -0.3 is 10.1 Å². The number of rotatable bonds is 5. The molecule has 1 heterocycles. The molecule has 9 heteroatoms. The zero-order valence-electron chi connectivity index (χ0n) is 17.4. The molecule has 0 unspecified atom stereocenters. The molecule has 0 saturated heterocycles. The maximum absolute atomic E-state index is 13.0. The lowest BCUT2D eigenvalue weighted by atomic mass is 10.1. The fourth-order valence-corrected chi connectivity index (χ4v) is 3.35. The van der Waals surface area contributed by atoms with Crippen LogP contribution in [-0.2, 0) is 6.18 Å². The summed E-state index contributed by atoms with van der Waals surface area (Å²) in [6.07, 6.45) is -4.55. The Labute approximate surface area is 186 Å². The summed E-state index contributed by atoms with van der Waals surface area (Å²) in [5, 5.41) is 7.22. The van der Waals surface area contributed by atoms with Crippen molar-refractivity contribution < 1.29 is 22.7 Å². The number of nitrogens with one attached hydrogen (secondary N) is 1. The highest BCUT2D eigenvalue weighted by molar-refractivity contribution is 6.11. The molecule has 1 N–H and O–H groups in total. The molecule has 0 aliphatic heterocycles. The first-order chi connectivity index (χ1) is 15.8. The smallest absolute Gasteiger partial charge is 0.416 e. The van der Waals surface area contributed by atoms with Crippen molar-refractivity contribution in [1.82, 2.24) is 9.78 Å². The molecule has 3 aromatic carbocycles. The Hall–Kier alpha value is -4.14.